The fourth-order valence-electron chi connectivity index (χ4n) is 12.4. The van der Waals surface area contributed by atoms with Gasteiger partial charge in [-0.2, -0.15) is 10.5 Å². The topological polar surface area (TPSA) is 366 Å². The van der Waals surface area contributed by atoms with Crippen LogP contribution in [0.25, 0.3) is 52.1 Å². The minimum absolute atomic E-state index is 0. The number of nitriles is 2. The Kier molecular flexibility index (Phi) is 60.2. The fraction of sp³-hybridized carbons (Fsp3) is 0.448. The van der Waals surface area contributed by atoms with E-state index in [-0.39, 0.29) is 48.1 Å². The summed E-state index contributed by atoms with van der Waals surface area (Å²) in [7, 11) is -5.05. The summed E-state index contributed by atoms with van der Waals surface area (Å²) in [4.78, 5) is 63.7. The number of rotatable bonds is 41. The standard InChI is InChI=1S/C22H23FN4O4SSi.C16H20ClN3OSSi.2C9H17BrN2OSi.C9H18N2OSi.C7H3ClNS.C6H4FNO3.3C4H9.C3H4N2.C2H3N.CBrN.Na.Sn.H/c1-33(2,3)11-10-30-14-26-9-8-25-22(26)20-13-17-21(32-20)19(6-7-24-17)31-18-5-4-15(27(28)29)12-16(18)23;1-23(2,3)9-8-21-11-20-7-6-19-16(20)14-10-13-15(22-14)12(17)4-5-18-13;2*1-14(2,3)7-6-13-8-12-5-4-11-9(12)10;1-13(2,3)7-6-12-9-11-5-4-10-8-11;8-5-1-3-9-6-2-4-10-7(5)6;7-5-3-4(8(10)11)1-2-6(5)9;3*1-3-4-2;1-2-5-3-4-1;1-2-3;2-1-3;;;/h4-9,12-13H,10-11,14H2,1-3H3;4-7,10H,8-9,11H2,1-3H3;2*4-5H,6-8H2,1-3H3;4-5,8H,6-7,9H2,1-3H3;1-3H;1-3,9H;3*1,3-4H2,2H3;1-3H,(H,4,5);1H3;;;;/q;;;;;;;;;;;;;+1;;-1. The number of phenolic OH excluding ortho intramolecular Hbond substituents is 1. The number of H-pyrrole nitrogens is 1. The van der Waals surface area contributed by atoms with Crippen LogP contribution in [0.15, 0.2) is 188 Å². The van der Waals surface area contributed by atoms with Gasteiger partial charge in [0, 0.05) is 201 Å². The summed E-state index contributed by atoms with van der Waals surface area (Å²) in [6.07, 6.45) is 38.5. The van der Waals surface area contributed by atoms with Gasteiger partial charge in [0.25, 0.3) is 11.4 Å². The SMILES string of the molecule is CC#N.CCC[CH2][Sn]([CH2]CCC)([CH2]CCC)[c]1cc2nccc(Cl)c2s1.C[Si](C)(C)CCOCn1ccnc1.C[Si](C)(C)CCOCn1ccnc1-c1cc2nccc(Cl)c2s1.C[Si](C)(C)CCOCn1ccnc1-c1cc2nccc(Oc3ccc([N+](=O)[O-])cc3F)c2s1.C[Si](C)(C)CCOCn1ccnc1Br.C[Si](C)(C)CCOCn1ccnc1Br.N#CBr.O=[N+]([O-])c1ccc(O)c(F)c1.[H-].[Na+].c1c[nH]cn1. The Balaban J connectivity index is 0.000000435. The zero-order chi connectivity index (χ0) is 105. The molecule has 2 aromatic carbocycles. The summed E-state index contributed by atoms with van der Waals surface area (Å²) >= 11 is 24.5. The fourth-order valence-corrected chi connectivity index (χ4v) is 39.6. The predicted octanol–water partition coefficient (Wildman–Crippen LogP) is 26.9. The molecule has 0 unspecified atom stereocenters. The van der Waals surface area contributed by atoms with Crippen LogP contribution in [0.1, 0.15) is 67.6 Å². The van der Waals surface area contributed by atoms with Crippen LogP contribution in [0, 0.1) is 53.4 Å². The number of phenols is 1. The Labute approximate surface area is 919 Å². The smallest absolute Gasteiger partial charge is 1.00 e. The third-order valence-electron chi connectivity index (χ3n) is 20.5. The van der Waals surface area contributed by atoms with Crippen LogP contribution < -0.4 is 37.2 Å². The molecule has 0 amide bonds. The first-order valence-corrected chi connectivity index (χ1v) is 78.1. The number of nitro groups is 2. The number of benzene rings is 2. The zero-order valence-corrected chi connectivity index (χ0v) is 104. The van der Waals surface area contributed by atoms with Crippen molar-refractivity contribution < 1.29 is 83.1 Å². The minimum atomic E-state index is -2.32. The Morgan fingerprint density at radius 3 is 1.22 bits per heavy atom. The number of hydrogen-bond acceptors (Lipinski definition) is 25. The van der Waals surface area contributed by atoms with Gasteiger partial charge >= 0.3 is 185 Å². The average molecular weight is 2460 g/mol. The molecule has 12 heterocycles. The summed E-state index contributed by atoms with van der Waals surface area (Å²) < 4.78 is 81.4. The van der Waals surface area contributed by atoms with Crippen molar-refractivity contribution in [3.63, 3.8) is 0 Å². The molecule has 0 atom stereocenters. The van der Waals surface area contributed by atoms with Crippen molar-refractivity contribution in [3.8, 4) is 49.7 Å². The predicted molar refractivity (Wildman–Crippen MR) is 602 cm³/mol. The maximum atomic E-state index is 14.3. The molecule has 0 saturated heterocycles. The maximum absolute atomic E-state index is 14.3. The number of imidazole rings is 6. The van der Waals surface area contributed by atoms with Gasteiger partial charge in [0.1, 0.15) is 44.4 Å². The molecule has 0 aliphatic heterocycles. The van der Waals surface area contributed by atoms with E-state index in [2.05, 4.69) is 223 Å². The number of ether oxygens (including phenoxy) is 6. The molecule has 0 radical (unpaired) electrons. The number of unbranched alkanes of at least 4 members (excludes halogenated alkanes) is 3. The number of aromatic hydroxyl groups is 1. The Morgan fingerprint density at radius 1 is 0.490 bits per heavy atom. The summed E-state index contributed by atoms with van der Waals surface area (Å²) in [5.74, 6) is -0.420. The van der Waals surface area contributed by atoms with Crippen molar-refractivity contribution in [2.75, 3.05) is 33.0 Å². The molecule has 2 N–H and O–H groups in total. The summed E-state index contributed by atoms with van der Waals surface area (Å²) in [6.45, 7) is 50.4. The van der Waals surface area contributed by atoms with Gasteiger partial charge in [-0.1, -0.05) is 110 Å². The molecule has 0 bridgehead atoms. The van der Waals surface area contributed by atoms with Crippen molar-refractivity contribution in [1.29, 1.82) is 10.5 Å². The Hall–Kier alpha value is -7.03. The molecule has 0 fully saturated rings. The number of aromatic nitrogens is 15. The number of fused-ring (bicyclic) bond motifs is 3. The second kappa shape index (κ2) is 67.1. The third-order valence-corrected chi connectivity index (χ3v) is 52.8. The zero-order valence-electron chi connectivity index (χ0n) is 86.7. The molecule has 14 aromatic rings. The van der Waals surface area contributed by atoms with Crippen LogP contribution in [0.4, 0.5) is 20.2 Å². The van der Waals surface area contributed by atoms with Gasteiger partial charge in [0.05, 0.1) is 75.9 Å². The number of thiophene rings is 3. The van der Waals surface area contributed by atoms with E-state index in [1.54, 1.807) is 99.8 Å². The molecule has 47 heteroatoms. The van der Waals surface area contributed by atoms with E-state index in [4.69, 9.17) is 67.3 Å². The van der Waals surface area contributed by atoms with Crippen LogP contribution in [-0.2, 0) is 57.3 Å². The molecule has 14 rings (SSSR count). The van der Waals surface area contributed by atoms with Crippen molar-refractivity contribution in [2.24, 2.45) is 0 Å². The summed E-state index contributed by atoms with van der Waals surface area (Å²) in [6, 6.07) is 25.3. The minimum Gasteiger partial charge on any atom is -1.00 e. The number of nitrogens with one attached hydrogen (secondary N) is 1. The number of halogens is 7. The molecule has 0 aliphatic rings. The van der Waals surface area contributed by atoms with E-state index in [0.717, 1.165) is 112 Å². The number of nitrogens with zero attached hydrogens (tertiary/aromatic N) is 18. The van der Waals surface area contributed by atoms with Gasteiger partial charge in [0.15, 0.2) is 44.2 Å². The summed E-state index contributed by atoms with van der Waals surface area (Å²) in [5, 5.41) is 45.7. The monoisotopic (exact) mass is 2460 g/mol. The molecule has 12 aromatic heterocycles. The van der Waals surface area contributed by atoms with Gasteiger partial charge in [-0.05, 0) is 92.4 Å². The van der Waals surface area contributed by atoms with Gasteiger partial charge < -0.3 is 62.8 Å². The van der Waals surface area contributed by atoms with E-state index in [1.807, 2.05) is 95.6 Å². The number of pyridine rings is 3. The number of aromatic amines is 1. The number of hydrogen-bond donors (Lipinski definition) is 2. The van der Waals surface area contributed by atoms with Crippen LogP contribution >= 0.6 is 105 Å². The number of non-ortho nitro benzene ring substituents is 2. The van der Waals surface area contributed by atoms with Crippen LogP contribution in [0.5, 0.6) is 17.2 Å². The van der Waals surface area contributed by atoms with E-state index < -0.39 is 86.0 Å². The molecular weight excluding hydrogens is 2320 g/mol. The second-order valence-electron chi connectivity index (χ2n) is 38.5. The average Bonchev–Trinajstić information content (AvgIpc) is 1.64. The van der Waals surface area contributed by atoms with E-state index in [1.165, 1.54) is 111 Å². The van der Waals surface area contributed by atoms with Gasteiger partial charge in [-0.25, -0.2) is 38.7 Å². The van der Waals surface area contributed by atoms with Crippen molar-refractivity contribution >= 4 is 209 Å². The third kappa shape index (κ3) is 50.2. The Bertz CT molecular complexity index is 5990. The molecule has 0 aliphatic carbocycles. The van der Waals surface area contributed by atoms with Gasteiger partial charge in [-0.3, -0.25) is 30.2 Å². The van der Waals surface area contributed by atoms with E-state index in [0.29, 0.717) is 57.6 Å². The van der Waals surface area contributed by atoms with Gasteiger partial charge in [-0.15, -0.1) is 22.7 Å². The molecule has 143 heavy (non-hydrogen) atoms. The molecule has 774 valence electrons. The van der Waals surface area contributed by atoms with Crippen LogP contribution in [-0.4, -0.2) is 179 Å². The first kappa shape index (κ1) is 128. The molecule has 0 saturated carbocycles. The maximum Gasteiger partial charge on any atom is 1.00 e. The molecule has 0 spiro atoms. The largest absolute Gasteiger partial charge is 1.00 e. The Morgan fingerprint density at radius 2 is 0.867 bits per heavy atom. The van der Waals surface area contributed by atoms with Crippen molar-refractivity contribution in [1.82, 2.24) is 72.7 Å². The van der Waals surface area contributed by atoms with E-state index in [9.17, 15) is 29.0 Å². The first-order valence-electron chi connectivity index (χ1n) is 46.5. The second-order valence-corrected chi connectivity index (χ2v) is 86.5. The first-order chi connectivity index (χ1) is 67.3. The quantitative estimate of drug-likeness (QED) is 0.0155. The molecule has 30 nitrogen and oxygen atoms in total. The van der Waals surface area contributed by atoms with E-state index >= 15 is 0 Å². The van der Waals surface area contributed by atoms with Crippen molar-refractivity contribution in [3.05, 3.63) is 230 Å². The van der Waals surface area contributed by atoms with Crippen molar-refractivity contribution in [2.45, 2.75) is 242 Å². The van der Waals surface area contributed by atoms with Crippen LogP contribution in [0.3, 0.4) is 0 Å². The molecular formula is C96H137Br3Cl2F2N19NaO11S3Si5Sn. The van der Waals surface area contributed by atoms with Crippen LogP contribution in [0.2, 0.25) is 152 Å². The number of nitro benzene ring substituents is 2. The van der Waals surface area contributed by atoms with Gasteiger partial charge in [0.2, 0.25) is 0 Å². The normalized spacial score (nSPS) is 11.2. The summed E-state index contributed by atoms with van der Waals surface area (Å²) in [5.41, 5.74) is 2.01.